The SMILES string of the molecule is Cc1ccc2c(c1)C(=O)N(CCC(=O)Nc1cccc(Cn3cncn3)c1)C2=O. The average Bonchev–Trinajstić information content (AvgIpc) is 3.28. The summed E-state index contributed by atoms with van der Waals surface area (Å²) in [4.78, 5) is 42.3. The molecule has 0 radical (unpaired) electrons. The molecule has 1 aromatic heterocycles. The van der Waals surface area contributed by atoms with Gasteiger partial charge in [-0.3, -0.25) is 19.3 Å². The summed E-state index contributed by atoms with van der Waals surface area (Å²) in [6, 6.07) is 12.6. The van der Waals surface area contributed by atoms with Gasteiger partial charge in [0.15, 0.2) is 0 Å². The third kappa shape index (κ3) is 3.91. The molecule has 1 aliphatic heterocycles. The number of anilines is 1. The van der Waals surface area contributed by atoms with E-state index in [1.807, 2.05) is 25.1 Å². The van der Waals surface area contributed by atoms with E-state index in [0.717, 1.165) is 16.0 Å². The second kappa shape index (κ2) is 7.67. The Labute approximate surface area is 167 Å². The Balaban J connectivity index is 1.36. The molecule has 8 heteroatoms. The number of nitrogens with zero attached hydrogens (tertiary/aromatic N) is 4. The summed E-state index contributed by atoms with van der Waals surface area (Å²) < 4.78 is 1.69. The highest BCUT2D eigenvalue weighted by molar-refractivity contribution is 6.21. The van der Waals surface area contributed by atoms with Crippen LogP contribution in [-0.2, 0) is 11.3 Å². The largest absolute Gasteiger partial charge is 0.326 e. The number of fused-ring (bicyclic) bond motifs is 1. The fourth-order valence-corrected chi connectivity index (χ4v) is 3.29. The normalized spacial score (nSPS) is 12.9. The van der Waals surface area contributed by atoms with E-state index in [1.165, 1.54) is 6.33 Å². The van der Waals surface area contributed by atoms with Gasteiger partial charge in [-0.15, -0.1) is 0 Å². The van der Waals surface area contributed by atoms with Gasteiger partial charge in [0.05, 0.1) is 17.7 Å². The van der Waals surface area contributed by atoms with Gasteiger partial charge >= 0.3 is 0 Å². The van der Waals surface area contributed by atoms with Crippen molar-refractivity contribution in [1.29, 1.82) is 0 Å². The van der Waals surface area contributed by atoms with Gasteiger partial charge in [0.1, 0.15) is 12.7 Å². The Morgan fingerprint density at radius 2 is 1.90 bits per heavy atom. The number of carbonyl (C=O) groups excluding carboxylic acids is 3. The minimum Gasteiger partial charge on any atom is -0.326 e. The molecule has 0 saturated carbocycles. The molecule has 146 valence electrons. The second-order valence-electron chi connectivity index (χ2n) is 6.90. The average molecular weight is 389 g/mol. The van der Waals surface area contributed by atoms with E-state index in [0.29, 0.717) is 23.4 Å². The number of hydrogen-bond acceptors (Lipinski definition) is 5. The molecule has 3 amide bonds. The van der Waals surface area contributed by atoms with E-state index in [1.54, 1.807) is 35.3 Å². The summed E-state index contributed by atoms with van der Waals surface area (Å²) >= 11 is 0. The number of carbonyl (C=O) groups is 3. The van der Waals surface area contributed by atoms with Crippen LogP contribution in [0.1, 0.15) is 38.3 Å². The van der Waals surface area contributed by atoms with Crippen molar-refractivity contribution in [3.05, 3.63) is 77.4 Å². The minimum absolute atomic E-state index is 0.0256. The first-order valence-corrected chi connectivity index (χ1v) is 9.19. The van der Waals surface area contributed by atoms with Gasteiger partial charge in [-0.25, -0.2) is 9.67 Å². The van der Waals surface area contributed by atoms with Crippen LogP contribution in [0.3, 0.4) is 0 Å². The quantitative estimate of drug-likeness (QED) is 0.652. The van der Waals surface area contributed by atoms with E-state index in [9.17, 15) is 14.4 Å². The summed E-state index contributed by atoms with van der Waals surface area (Å²) in [5, 5.41) is 6.87. The maximum Gasteiger partial charge on any atom is 0.261 e. The standard InChI is InChI=1S/C21H19N5O3/c1-14-5-6-17-18(9-14)21(29)26(20(17)28)8-7-19(27)24-16-4-2-3-15(10-16)11-25-13-22-12-23-25/h2-6,9-10,12-13H,7-8,11H2,1H3,(H,24,27). The Hall–Kier alpha value is -3.81. The maximum atomic E-state index is 12.5. The summed E-state index contributed by atoms with van der Waals surface area (Å²) in [7, 11) is 0. The number of aryl methyl sites for hydroxylation is 1. The lowest BCUT2D eigenvalue weighted by molar-refractivity contribution is -0.116. The van der Waals surface area contributed by atoms with E-state index < -0.39 is 0 Å². The van der Waals surface area contributed by atoms with Crippen LogP contribution in [0.25, 0.3) is 0 Å². The number of imide groups is 1. The van der Waals surface area contributed by atoms with Crippen LogP contribution < -0.4 is 5.32 Å². The first-order chi connectivity index (χ1) is 14.0. The molecule has 0 atom stereocenters. The van der Waals surface area contributed by atoms with Gasteiger partial charge in [0, 0.05) is 18.7 Å². The summed E-state index contributed by atoms with van der Waals surface area (Å²) in [5.74, 6) is -0.973. The Bertz CT molecular complexity index is 1090. The Morgan fingerprint density at radius 3 is 2.69 bits per heavy atom. The topological polar surface area (TPSA) is 97.2 Å². The predicted octanol–water partition coefficient (Wildman–Crippen LogP) is 2.26. The number of benzene rings is 2. The van der Waals surface area contributed by atoms with E-state index >= 15 is 0 Å². The van der Waals surface area contributed by atoms with Crippen molar-refractivity contribution in [2.75, 3.05) is 11.9 Å². The molecule has 2 heterocycles. The third-order valence-corrected chi connectivity index (χ3v) is 4.71. The van der Waals surface area contributed by atoms with Crippen LogP contribution in [0.4, 0.5) is 5.69 Å². The first-order valence-electron chi connectivity index (χ1n) is 9.19. The molecule has 0 bridgehead atoms. The predicted molar refractivity (Wildman–Crippen MR) is 105 cm³/mol. The van der Waals surface area contributed by atoms with Crippen molar-refractivity contribution in [3.63, 3.8) is 0 Å². The first kappa shape index (κ1) is 18.5. The van der Waals surface area contributed by atoms with Crippen molar-refractivity contribution >= 4 is 23.4 Å². The van der Waals surface area contributed by atoms with Gasteiger partial charge in [0.25, 0.3) is 11.8 Å². The molecule has 3 aromatic rings. The van der Waals surface area contributed by atoms with Crippen LogP contribution >= 0.6 is 0 Å². The zero-order valence-electron chi connectivity index (χ0n) is 15.8. The molecule has 0 spiro atoms. The van der Waals surface area contributed by atoms with E-state index in [-0.39, 0.29) is 30.7 Å². The highest BCUT2D eigenvalue weighted by atomic mass is 16.2. The van der Waals surface area contributed by atoms with Gasteiger partial charge in [0.2, 0.25) is 5.91 Å². The summed E-state index contributed by atoms with van der Waals surface area (Å²) in [6.07, 6.45) is 3.11. The third-order valence-electron chi connectivity index (χ3n) is 4.71. The highest BCUT2D eigenvalue weighted by Gasteiger charge is 2.35. The smallest absolute Gasteiger partial charge is 0.261 e. The van der Waals surface area contributed by atoms with Crippen LogP contribution in [-0.4, -0.2) is 43.9 Å². The van der Waals surface area contributed by atoms with Crippen molar-refractivity contribution in [3.8, 4) is 0 Å². The number of nitrogens with one attached hydrogen (secondary N) is 1. The van der Waals surface area contributed by atoms with Crippen LogP contribution in [0.2, 0.25) is 0 Å². The molecule has 1 aliphatic rings. The van der Waals surface area contributed by atoms with Gasteiger partial charge < -0.3 is 5.32 Å². The zero-order valence-corrected chi connectivity index (χ0v) is 15.8. The van der Waals surface area contributed by atoms with Gasteiger partial charge in [-0.1, -0.05) is 23.8 Å². The molecular formula is C21H19N5O3. The molecule has 0 fully saturated rings. The number of aromatic nitrogens is 3. The number of amides is 3. The molecular weight excluding hydrogens is 370 g/mol. The molecule has 8 nitrogen and oxygen atoms in total. The van der Waals surface area contributed by atoms with Gasteiger partial charge in [-0.05, 0) is 36.8 Å². The number of rotatable bonds is 6. The molecule has 0 aliphatic carbocycles. The van der Waals surface area contributed by atoms with E-state index in [4.69, 9.17) is 0 Å². The second-order valence-corrected chi connectivity index (χ2v) is 6.90. The zero-order chi connectivity index (χ0) is 20.4. The van der Waals surface area contributed by atoms with Crippen molar-refractivity contribution < 1.29 is 14.4 Å². The molecule has 2 aromatic carbocycles. The molecule has 1 N–H and O–H groups in total. The fourth-order valence-electron chi connectivity index (χ4n) is 3.29. The monoisotopic (exact) mass is 389 g/mol. The fraction of sp³-hybridized carbons (Fsp3) is 0.190. The van der Waals surface area contributed by atoms with E-state index in [2.05, 4.69) is 15.4 Å². The lowest BCUT2D eigenvalue weighted by atomic mass is 10.1. The molecule has 4 rings (SSSR count). The van der Waals surface area contributed by atoms with Crippen molar-refractivity contribution in [1.82, 2.24) is 19.7 Å². The van der Waals surface area contributed by atoms with Crippen molar-refractivity contribution in [2.24, 2.45) is 0 Å². The maximum absolute atomic E-state index is 12.5. The lowest BCUT2D eigenvalue weighted by Crippen LogP contribution is -2.32. The van der Waals surface area contributed by atoms with Crippen molar-refractivity contribution in [2.45, 2.75) is 19.9 Å². The molecule has 29 heavy (non-hydrogen) atoms. The van der Waals surface area contributed by atoms with Crippen LogP contribution in [0, 0.1) is 6.92 Å². The van der Waals surface area contributed by atoms with Crippen LogP contribution in [0.5, 0.6) is 0 Å². The van der Waals surface area contributed by atoms with Crippen LogP contribution in [0.15, 0.2) is 55.1 Å². The highest BCUT2D eigenvalue weighted by Crippen LogP contribution is 2.24. The molecule has 0 unspecified atom stereocenters. The minimum atomic E-state index is -0.354. The Kier molecular flexibility index (Phi) is 4.90. The molecule has 0 saturated heterocycles. The number of hydrogen-bond donors (Lipinski definition) is 1. The summed E-state index contributed by atoms with van der Waals surface area (Å²) in [5.41, 5.74) is 3.31. The summed E-state index contributed by atoms with van der Waals surface area (Å²) in [6.45, 7) is 2.44. The van der Waals surface area contributed by atoms with Gasteiger partial charge in [-0.2, -0.15) is 5.10 Å². The Morgan fingerprint density at radius 1 is 1.07 bits per heavy atom. The lowest BCUT2D eigenvalue weighted by Gasteiger charge is -2.13.